The van der Waals surface area contributed by atoms with Gasteiger partial charge in [0.25, 0.3) is 5.91 Å². The first-order valence-electron chi connectivity index (χ1n) is 8.72. The number of ether oxygens (including phenoxy) is 1. The van der Waals surface area contributed by atoms with Gasteiger partial charge in [-0.25, -0.2) is 9.97 Å². The van der Waals surface area contributed by atoms with Gasteiger partial charge in [0.2, 0.25) is 5.88 Å². The molecule has 1 aliphatic rings. The number of piperidine rings is 1. The second-order valence-corrected chi connectivity index (χ2v) is 7.55. The molecule has 0 N–H and O–H groups in total. The lowest BCUT2D eigenvalue weighted by Crippen LogP contribution is -2.44. The lowest BCUT2D eigenvalue weighted by atomic mass is 10.1. The Labute approximate surface area is 155 Å². The van der Waals surface area contributed by atoms with Crippen molar-refractivity contribution in [3.05, 3.63) is 46.9 Å². The predicted molar refractivity (Wildman–Crippen MR) is 101 cm³/mol. The molecule has 1 saturated heterocycles. The Kier molecular flexibility index (Phi) is 4.55. The zero-order chi connectivity index (χ0) is 18.1. The minimum Gasteiger partial charge on any atom is -0.472 e. The van der Waals surface area contributed by atoms with Crippen molar-refractivity contribution in [3.8, 4) is 5.88 Å². The van der Waals surface area contributed by atoms with E-state index in [0.29, 0.717) is 23.3 Å². The van der Waals surface area contributed by atoms with Crippen LogP contribution < -0.4 is 4.74 Å². The van der Waals surface area contributed by atoms with E-state index < -0.39 is 0 Å². The Bertz CT molecular complexity index is 902. The largest absolute Gasteiger partial charge is 0.472 e. The fourth-order valence-electron chi connectivity index (χ4n) is 3.23. The second-order valence-electron chi connectivity index (χ2n) is 6.51. The molecule has 1 fully saturated rings. The summed E-state index contributed by atoms with van der Waals surface area (Å²) in [6, 6.07) is 9.66. The third-order valence-corrected chi connectivity index (χ3v) is 5.40. The summed E-state index contributed by atoms with van der Waals surface area (Å²) in [5.74, 6) is 1.25. The van der Waals surface area contributed by atoms with E-state index >= 15 is 0 Å². The van der Waals surface area contributed by atoms with Gasteiger partial charge in [-0.1, -0.05) is 12.1 Å². The number of carbonyl (C=O) groups excluding carboxylic acids is 1. The van der Waals surface area contributed by atoms with Gasteiger partial charge < -0.3 is 9.64 Å². The molecule has 1 aliphatic heterocycles. The second kappa shape index (κ2) is 6.99. The molecule has 1 amide bonds. The molecule has 1 atom stereocenters. The number of thiazole rings is 1. The third-order valence-electron chi connectivity index (χ3n) is 4.37. The van der Waals surface area contributed by atoms with Crippen molar-refractivity contribution in [2.45, 2.75) is 32.8 Å². The first-order chi connectivity index (χ1) is 12.6. The van der Waals surface area contributed by atoms with E-state index in [1.807, 2.05) is 49.1 Å². The summed E-state index contributed by atoms with van der Waals surface area (Å²) in [4.78, 5) is 27.8. The molecule has 4 rings (SSSR count). The molecule has 0 aliphatic carbocycles. The van der Waals surface area contributed by atoms with E-state index in [2.05, 4.69) is 15.0 Å². The van der Waals surface area contributed by atoms with Gasteiger partial charge in [0.15, 0.2) is 5.01 Å². The van der Waals surface area contributed by atoms with Gasteiger partial charge in [-0.05, 0) is 38.8 Å². The fourth-order valence-corrected chi connectivity index (χ4v) is 4.17. The van der Waals surface area contributed by atoms with Crippen molar-refractivity contribution < 1.29 is 9.53 Å². The van der Waals surface area contributed by atoms with Gasteiger partial charge >= 0.3 is 0 Å². The Morgan fingerprint density at radius 3 is 2.88 bits per heavy atom. The maximum atomic E-state index is 12.9. The first kappa shape index (κ1) is 16.9. The highest BCUT2D eigenvalue weighted by Gasteiger charge is 2.27. The van der Waals surface area contributed by atoms with Gasteiger partial charge in [-0.2, -0.15) is 4.98 Å². The van der Waals surface area contributed by atoms with Crippen LogP contribution in [0, 0.1) is 13.8 Å². The summed E-state index contributed by atoms with van der Waals surface area (Å²) in [6.45, 7) is 5.06. The van der Waals surface area contributed by atoms with Crippen LogP contribution in [-0.2, 0) is 0 Å². The van der Waals surface area contributed by atoms with E-state index in [1.165, 1.54) is 11.3 Å². The van der Waals surface area contributed by atoms with Gasteiger partial charge in [-0.15, -0.1) is 11.3 Å². The molecular weight excluding hydrogens is 348 g/mol. The minimum absolute atomic E-state index is 0.0189. The zero-order valence-corrected chi connectivity index (χ0v) is 15.6. The van der Waals surface area contributed by atoms with Crippen molar-refractivity contribution in [1.29, 1.82) is 0 Å². The smallest absolute Gasteiger partial charge is 0.282 e. The Balaban J connectivity index is 1.48. The van der Waals surface area contributed by atoms with Crippen molar-refractivity contribution >= 4 is 27.5 Å². The summed E-state index contributed by atoms with van der Waals surface area (Å²) in [5.41, 5.74) is 1.75. The molecule has 3 heterocycles. The SMILES string of the molecule is Cc1cc(OC2CCCN(C(=O)c3nc4ccccc4s3)C2)nc(C)n1. The number of rotatable bonds is 3. The molecule has 0 saturated carbocycles. The molecule has 1 unspecified atom stereocenters. The number of para-hydroxylation sites is 1. The number of amides is 1. The predicted octanol–water partition coefficient (Wildman–Crippen LogP) is 3.39. The van der Waals surface area contributed by atoms with Gasteiger partial charge in [0.1, 0.15) is 11.9 Å². The number of nitrogens with zero attached hydrogens (tertiary/aromatic N) is 4. The highest BCUT2D eigenvalue weighted by molar-refractivity contribution is 7.20. The van der Waals surface area contributed by atoms with Gasteiger partial charge in [-0.3, -0.25) is 4.79 Å². The van der Waals surface area contributed by atoms with E-state index in [1.54, 1.807) is 0 Å². The Hall–Kier alpha value is -2.54. The zero-order valence-electron chi connectivity index (χ0n) is 14.8. The summed E-state index contributed by atoms with van der Waals surface area (Å²) in [5, 5.41) is 0.542. The Morgan fingerprint density at radius 1 is 1.23 bits per heavy atom. The summed E-state index contributed by atoms with van der Waals surface area (Å²) in [6.07, 6.45) is 1.76. The molecule has 2 aromatic heterocycles. The van der Waals surface area contributed by atoms with Crippen LogP contribution in [-0.4, -0.2) is 45.0 Å². The molecule has 7 heteroatoms. The van der Waals surface area contributed by atoms with Crippen LogP contribution in [0.1, 0.15) is 34.2 Å². The van der Waals surface area contributed by atoms with Crippen molar-refractivity contribution in [2.75, 3.05) is 13.1 Å². The molecule has 26 heavy (non-hydrogen) atoms. The van der Waals surface area contributed by atoms with E-state index in [4.69, 9.17) is 4.74 Å². The minimum atomic E-state index is -0.0595. The summed E-state index contributed by atoms with van der Waals surface area (Å²) in [7, 11) is 0. The van der Waals surface area contributed by atoms with Crippen LogP contribution in [0.25, 0.3) is 10.2 Å². The summed E-state index contributed by atoms with van der Waals surface area (Å²) >= 11 is 1.44. The first-order valence-corrected chi connectivity index (χ1v) is 9.54. The maximum Gasteiger partial charge on any atom is 0.282 e. The molecule has 0 bridgehead atoms. The van der Waals surface area contributed by atoms with E-state index in [9.17, 15) is 4.79 Å². The van der Waals surface area contributed by atoms with E-state index in [-0.39, 0.29) is 12.0 Å². The van der Waals surface area contributed by atoms with Crippen molar-refractivity contribution in [3.63, 3.8) is 0 Å². The van der Waals surface area contributed by atoms with Gasteiger partial charge in [0.05, 0.1) is 16.8 Å². The lowest BCUT2D eigenvalue weighted by molar-refractivity contribution is 0.0526. The summed E-state index contributed by atoms with van der Waals surface area (Å²) < 4.78 is 7.06. The van der Waals surface area contributed by atoms with Crippen LogP contribution in [0.2, 0.25) is 0 Å². The number of carbonyl (C=O) groups is 1. The number of hydrogen-bond acceptors (Lipinski definition) is 6. The molecular formula is C19H20N4O2S. The average Bonchev–Trinajstić information content (AvgIpc) is 3.04. The van der Waals surface area contributed by atoms with Crippen molar-refractivity contribution in [1.82, 2.24) is 19.9 Å². The monoisotopic (exact) mass is 368 g/mol. The highest BCUT2D eigenvalue weighted by Crippen LogP contribution is 2.24. The average molecular weight is 368 g/mol. The van der Waals surface area contributed by atoms with Crippen LogP contribution in [0.5, 0.6) is 5.88 Å². The molecule has 0 radical (unpaired) electrons. The number of hydrogen-bond donors (Lipinski definition) is 0. The molecule has 134 valence electrons. The van der Waals surface area contributed by atoms with Crippen LogP contribution in [0.4, 0.5) is 0 Å². The third kappa shape index (κ3) is 3.53. The number of likely N-dealkylation sites (tertiary alicyclic amines) is 1. The van der Waals surface area contributed by atoms with Crippen molar-refractivity contribution in [2.24, 2.45) is 0 Å². The normalized spacial score (nSPS) is 17.5. The number of fused-ring (bicyclic) bond motifs is 1. The molecule has 1 aromatic carbocycles. The van der Waals surface area contributed by atoms with Gasteiger partial charge in [0, 0.05) is 18.3 Å². The topological polar surface area (TPSA) is 68.2 Å². The quantitative estimate of drug-likeness (QED) is 0.709. The number of aromatic nitrogens is 3. The van der Waals surface area contributed by atoms with E-state index in [0.717, 1.165) is 35.3 Å². The van der Waals surface area contributed by atoms with Crippen LogP contribution in [0.15, 0.2) is 30.3 Å². The van der Waals surface area contributed by atoms with Crippen LogP contribution >= 0.6 is 11.3 Å². The molecule has 6 nitrogen and oxygen atoms in total. The molecule has 3 aromatic rings. The highest BCUT2D eigenvalue weighted by atomic mass is 32.1. The van der Waals surface area contributed by atoms with Crippen LogP contribution in [0.3, 0.4) is 0 Å². The number of aryl methyl sites for hydroxylation is 2. The molecule has 0 spiro atoms. The fraction of sp³-hybridized carbons (Fsp3) is 0.368. The Morgan fingerprint density at radius 2 is 2.08 bits per heavy atom. The standard InChI is InChI=1S/C19H20N4O2S/c1-12-10-17(21-13(2)20-12)25-14-6-5-9-23(11-14)19(24)18-22-15-7-3-4-8-16(15)26-18/h3-4,7-8,10,14H,5-6,9,11H2,1-2H3. The lowest BCUT2D eigenvalue weighted by Gasteiger charge is -2.32. The number of benzene rings is 1. The maximum absolute atomic E-state index is 12.9.